The lowest BCUT2D eigenvalue weighted by Gasteiger charge is -2.27. The molecule has 13 heteroatoms. The van der Waals surface area contributed by atoms with Gasteiger partial charge in [0.1, 0.15) is 23.3 Å². The molecule has 3 fully saturated rings. The maximum Gasteiger partial charge on any atom is 0.410 e. The average molecular weight is 748 g/mol. The number of H-pyrrole nitrogens is 2. The summed E-state index contributed by atoms with van der Waals surface area (Å²) in [5.74, 6) is 1.34. The maximum absolute atomic E-state index is 13.7. The van der Waals surface area contributed by atoms with Gasteiger partial charge in [-0.1, -0.05) is 60.7 Å². The lowest BCUT2D eigenvalue weighted by molar-refractivity contribution is -0.134. The summed E-state index contributed by atoms with van der Waals surface area (Å²) in [6.07, 6.45) is 9.75. The number of benzene rings is 2. The minimum absolute atomic E-state index is 0.133. The fraction of sp³-hybridized carbons (Fsp3) is 0.452. The Labute approximate surface area is 320 Å². The number of aromatic amines is 2. The summed E-state index contributed by atoms with van der Waals surface area (Å²) in [5, 5.41) is 2.70. The molecule has 2 aromatic heterocycles. The van der Waals surface area contributed by atoms with Crippen LogP contribution < -0.4 is 5.32 Å². The summed E-state index contributed by atoms with van der Waals surface area (Å²) in [6.45, 7) is 7.66. The largest absolute Gasteiger partial charge is 0.453 e. The molecule has 1 aliphatic carbocycles. The number of aromatic nitrogens is 4. The van der Waals surface area contributed by atoms with Crippen molar-refractivity contribution in [2.24, 2.45) is 5.41 Å². The van der Waals surface area contributed by atoms with E-state index in [0.29, 0.717) is 38.5 Å². The molecule has 5 heterocycles. The number of carbonyl (C=O) groups excluding carboxylic acids is 3. The van der Waals surface area contributed by atoms with Gasteiger partial charge in [0.2, 0.25) is 5.91 Å². The molecule has 1 saturated carbocycles. The Kier molecular flexibility index (Phi) is 9.74. The number of hydrogen-bond acceptors (Lipinski definition) is 8. The predicted octanol–water partition coefficient (Wildman–Crippen LogP) is 7.46. The molecule has 4 aromatic rings. The van der Waals surface area contributed by atoms with Crippen molar-refractivity contribution in [2.75, 3.05) is 26.8 Å². The zero-order valence-corrected chi connectivity index (χ0v) is 31.9. The van der Waals surface area contributed by atoms with E-state index in [1.54, 1.807) is 0 Å². The predicted molar refractivity (Wildman–Crippen MR) is 205 cm³/mol. The van der Waals surface area contributed by atoms with E-state index in [-0.39, 0.29) is 29.5 Å². The average Bonchev–Trinajstić information content (AvgIpc) is 3.66. The molecule has 8 rings (SSSR count). The van der Waals surface area contributed by atoms with E-state index in [0.717, 1.165) is 77.3 Å². The molecular formula is C42H49N7O6. The molecule has 2 bridgehead atoms. The second-order valence-electron chi connectivity index (χ2n) is 16.2. The van der Waals surface area contributed by atoms with Gasteiger partial charge in [-0.25, -0.2) is 19.6 Å². The molecule has 13 nitrogen and oxygen atoms in total. The Morgan fingerprint density at radius 2 is 1.65 bits per heavy atom. The monoisotopic (exact) mass is 747 g/mol. The van der Waals surface area contributed by atoms with Crippen molar-refractivity contribution in [3.05, 3.63) is 84.2 Å². The normalized spacial score (nSPS) is 22.1. The Hall–Kier alpha value is -5.43. The van der Waals surface area contributed by atoms with Crippen molar-refractivity contribution >= 4 is 18.1 Å². The van der Waals surface area contributed by atoms with Gasteiger partial charge in [0, 0.05) is 18.7 Å². The summed E-state index contributed by atoms with van der Waals surface area (Å²) in [5.41, 5.74) is 6.26. The van der Waals surface area contributed by atoms with Gasteiger partial charge in [-0.3, -0.25) is 9.69 Å². The third-order valence-electron chi connectivity index (χ3n) is 11.1. The van der Waals surface area contributed by atoms with Crippen LogP contribution in [0.25, 0.3) is 33.6 Å². The Balaban J connectivity index is 0.986. The second kappa shape index (κ2) is 14.7. The van der Waals surface area contributed by atoms with Crippen LogP contribution in [-0.2, 0) is 25.6 Å². The van der Waals surface area contributed by atoms with Crippen LogP contribution in [0, 0.1) is 5.41 Å². The van der Waals surface area contributed by atoms with Gasteiger partial charge in [0.25, 0.3) is 0 Å². The van der Waals surface area contributed by atoms with Gasteiger partial charge >= 0.3 is 12.2 Å². The third-order valence-corrected chi connectivity index (χ3v) is 11.1. The zero-order valence-electron chi connectivity index (χ0n) is 31.9. The molecule has 3 atom stereocenters. The number of likely N-dealkylation sites (tertiary alicyclic amines) is 1. The van der Waals surface area contributed by atoms with E-state index in [1.807, 2.05) is 48.9 Å². The van der Waals surface area contributed by atoms with Crippen LogP contribution in [0.5, 0.6) is 0 Å². The van der Waals surface area contributed by atoms with Gasteiger partial charge in [-0.05, 0) is 81.4 Å². The lowest BCUT2D eigenvalue weighted by Crippen LogP contribution is -2.48. The molecular weight excluding hydrogens is 699 g/mol. The van der Waals surface area contributed by atoms with Crippen molar-refractivity contribution < 1.29 is 28.6 Å². The Morgan fingerprint density at radius 1 is 0.945 bits per heavy atom. The van der Waals surface area contributed by atoms with Crippen LogP contribution in [0.15, 0.2) is 66.9 Å². The molecule has 0 unspecified atom stereocenters. The highest BCUT2D eigenvalue weighted by molar-refractivity contribution is 5.86. The summed E-state index contributed by atoms with van der Waals surface area (Å²) < 4.78 is 16.6. The van der Waals surface area contributed by atoms with Crippen molar-refractivity contribution in [2.45, 2.75) is 89.6 Å². The van der Waals surface area contributed by atoms with E-state index in [4.69, 9.17) is 24.2 Å². The molecule has 288 valence electrons. The number of ether oxygens (including phenoxy) is 3. The van der Waals surface area contributed by atoms with E-state index in [9.17, 15) is 14.4 Å². The summed E-state index contributed by atoms with van der Waals surface area (Å²) in [4.78, 5) is 59.4. The third kappa shape index (κ3) is 7.75. The van der Waals surface area contributed by atoms with E-state index in [2.05, 4.69) is 63.8 Å². The highest BCUT2D eigenvalue weighted by Gasteiger charge is 2.55. The molecule has 2 aromatic carbocycles. The van der Waals surface area contributed by atoms with Crippen LogP contribution in [0.2, 0.25) is 0 Å². The molecule has 4 aliphatic rings. The number of imidazole rings is 2. The fourth-order valence-corrected chi connectivity index (χ4v) is 8.07. The summed E-state index contributed by atoms with van der Waals surface area (Å²) >= 11 is 0. The molecule has 1 spiro atoms. The van der Waals surface area contributed by atoms with E-state index in [1.165, 1.54) is 7.11 Å². The molecule has 0 radical (unpaired) electrons. The number of fused-ring (bicyclic) bond motifs is 4. The fourth-order valence-electron chi connectivity index (χ4n) is 8.07. The van der Waals surface area contributed by atoms with Crippen molar-refractivity contribution in [1.29, 1.82) is 0 Å². The van der Waals surface area contributed by atoms with Crippen LogP contribution >= 0.6 is 0 Å². The number of amides is 3. The van der Waals surface area contributed by atoms with Crippen molar-refractivity contribution in [3.8, 4) is 33.6 Å². The number of carbonyl (C=O) groups is 3. The standard InChI is InChI=1S/C42H49N7O6/c1-41(2,3)55-40(52)49-25-42(18-19-42)22-34(49)36-43-23-31(44-36)28-14-10-26(11-15-28)27-12-16-29(17-13-27)35-32-24-54-21-6-5-8-30(46-39(51)53-4)38(50)48-20-7-9-33(48)37(45-32)47-35/h5-6,10-17,23,30,33-34H,7-9,18-22,24-25H2,1-4H3,(H,43,44)(H,45,47)(H,46,51)/t30-,33-,34-/m0/s1. The smallest absolute Gasteiger partial charge is 0.410 e. The second-order valence-corrected chi connectivity index (χ2v) is 16.2. The summed E-state index contributed by atoms with van der Waals surface area (Å²) in [6, 6.07) is 15.6. The molecule has 3 N–H and O–H groups in total. The Morgan fingerprint density at radius 3 is 2.35 bits per heavy atom. The number of rotatable bonds is 5. The van der Waals surface area contributed by atoms with Gasteiger partial charge in [0.15, 0.2) is 0 Å². The molecule has 55 heavy (non-hydrogen) atoms. The first kappa shape index (κ1) is 36.5. The minimum atomic E-state index is -0.749. The number of methoxy groups -OCH3 is 1. The van der Waals surface area contributed by atoms with E-state index < -0.39 is 17.7 Å². The van der Waals surface area contributed by atoms with Crippen LogP contribution in [0.4, 0.5) is 9.59 Å². The highest BCUT2D eigenvalue weighted by Crippen LogP contribution is 2.58. The van der Waals surface area contributed by atoms with Crippen molar-refractivity contribution in [3.63, 3.8) is 0 Å². The molecule has 2 saturated heterocycles. The Bertz CT molecular complexity index is 2080. The lowest BCUT2D eigenvalue weighted by atomic mass is 10.0. The maximum atomic E-state index is 13.7. The molecule has 3 amide bonds. The molecule has 3 aliphatic heterocycles. The first-order chi connectivity index (χ1) is 26.5. The van der Waals surface area contributed by atoms with Crippen LogP contribution in [0.1, 0.15) is 88.7 Å². The van der Waals surface area contributed by atoms with Gasteiger partial charge in [0.05, 0.1) is 55.7 Å². The first-order valence-corrected chi connectivity index (χ1v) is 19.2. The number of nitrogens with zero attached hydrogens (tertiary/aromatic N) is 4. The van der Waals surface area contributed by atoms with Crippen molar-refractivity contribution in [1.82, 2.24) is 35.1 Å². The summed E-state index contributed by atoms with van der Waals surface area (Å²) in [7, 11) is 1.29. The van der Waals surface area contributed by atoms with Crippen LogP contribution in [-0.4, -0.2) is 86.3 Å². The van der Waals surface area contributed by atoms with Gasteiger partial charge in [-0.15, -0.1) is 0 Å². The SMILES string of the molecule is COC(=O)N[C@H]1CC=CCOCc2[nH]c(nc2-c2ccc(-c3ccc(-c4cnc([C@@H]5CC6(CC6)CN5C(=O)OC(C)(C)C)[nH]4)cc3)cc2)[C@@H]2CCCN2C1=O. The van der Waals surface area contributed by atoms with Gasteiger partial charge < -0.3 is 34.4 Å². The highest BCUT2D eigenvalue weighted by atomic mass is 16.6. The van der Waals surface area contributed by atoms with Crippen LogP contribution in [0.3, 0.4) is 0 Å². The van der Waals surface area contributed by atoms with Gasteiger partial charge in [-0.2, -0.15) is 0 Å². The first-order valence-electron chi connectivity index (χ1n) is 19.2. The number of alkyl carbamates (subject to hydrolysis) is 1. The minimum Gasteiger partial charge on any atom is -0.453 e. The number of hydrogen-bond donors (Lipinski definition) is 3. The zero-order chi connectivity index (χ0) is 38.3. The van der Waals surface area contributed by atoms with E-state index >= 15 is 0 Å². The topological polar surface area (TPSA) is 155 Å². The quantitative estimate of drug-likeness (QED) is 0.178. The number of nitrogens with one attached hydrogen (secondary N) is 3.